The molecule has 0 unspecified atom stereocenters. The number of amidine groups is 1. The van der Waals surface area contributed by atoms with Gasteiger partial charge in [0.15, 0.2) is 5.17 Å². The van der Waals surface area contributed by atoms with E-state index in [1.165, 1.54) is 0 Å². The van der Waals surface area contributed by atoms with Crippen molar-refractivity contribution in [2.45, 2.75) is 0 Å². The smallest absolute Gasteiger partial charge is 0.264 e. The predicted molar refractivity (Wildman–Crippen MR) is 71.0 cm³/mol. The van der Waals surface area contributed by atoms with Gasteiger partial charge in [-0.2, -0.15) is 0 Å². The van der Waals surface area contributed by atoms with Crippen molar-refractivity contribution in [3.05, 3.63) is 28.7 Å². The summed E-state index contributed by atoms with van der Waals surface area (Å²) in [6, 6.07) is 5.34. The van der Waals surface area contributed by atoms with Gasteiger partial charge in [0.05, 0.1) is 19.1 Å². The summed E-state index contributed by atoms with van der Waals surface area (Å²) >= 11 is 1.09. The first-order chi connectivity index (χ1) is 8.63. The molecular formula is C12H12N2O3S. The van der Waals surface area contributed by atoms with Gasteiger partial charge in [-0.3, -0.25) is 10.2 Å². The summed E-state index contributed by atoms with van der Waals surface area (Å²) in [7, 11) is 3.13. The largest absolute Gasteiger partial charge is 0.497 e. The van der Waals surface area contributed by atoms with Crippen molar-refractivity contribution >= 4 is 28.9 Å². The Morgan fingerprint density at radius 1 is 1.33 bits per heavy atom. The van der Waals surface area contributed by atoms with Crippen molar-refractivity contribution in [2.75, 3.05) is 14.2 Å². The molecule has 0 radical (unpaired) electrons. The predicted octanol–water partition coefficient (Wildman–Crippen LogP) is 1.84. The van der Waals surface area contributed by atoms with Crippen LogP contribution < -0.4 is 14.8 Å². The molecule has 1 aromatic carbocycles. The van der Waals surface area contributed by atoms with Crippen LogP contribution in [0.3, 0.4) is 0 Å². The standard InChI is InChI=1S/C12H12N2O3S/c1-16-8-4-3-7(9(6-8)17-2)5-10-11(15)14-12(13)18-10/h3-6H,1-2H3,(H2,13,14,15)/b10-5+. The fourth-order valence-electron chi connectivity index (χ4n) is 1.52. The van der Waals surface area contributed by atoms with Crippen LogP contribution in [-0.4, -0.2) is 25.3 Å². The molecule has 6 heteroatoms. The molecule has 0 saturated carbocycles. The van der Waals surface area contributed by atoms with Crippen molar-refractivity contribution in [3.8, 4) is 11.5 Å². The third-order valence-electron chi connectivity index (χ3n) is 2.39. The second-order valence-corrected chi connectivity index (χ2v) is 4.55. The summed E-state index contributed by atoms with van der Waals surface area (Å²) in [5, 5.41) is 9.94. The normalized spacial score (nSPS) is 16.9. The Bertz CT molecular complexity index is 540. The van der Waals surface area contributed by atoms with E-state index in [4.69, 9.17) is 14.9 Å². The third-order valence-corrected chi connectivity index (χ3v) is 3.22. The zero-order chi connectivity index (χ0) is 13.1. The number of amides is 1. The highest BCUT2D eigenvalue weighted by Crippen LogP contribution is 2.30. The molecule has 0 atom stereocenters. The van der Waals surface area contributed by atoms with Gasteiger partial charge in [-0.25, -0.2) is 0 Å². The first-order valence-electron chi connectivity index (χ1n) is 5.15. The summed E-state index contributed by atoms with van der Waals surface area (Å²) < 4.78 is 10.3. The highest BCUT2D eigenvalue weighted by Gasteiger charge is 2.22. The maximum atomic E-state index is 11.5. The number of hydrogen-bond donors (Lipinski definition) is 2. The number of hydrogen-bond acceptors (Lipinski definition) is 5. The Kier molecular flexibility index (Phi) is 3.57. The van der Waals surface area contributed by atoms with Crippen molar-refractivity contribution in [3.63, 3.8) is 0 Å². The van der Waals surface area contributed by atoms with Gasteiger partial charge in [0.1, 0.15) is 11.5 Å². The van der Waals surface area contributed by atoms with Gasteiger partial charge < -0.3 is 14.8 Å². The Balaban J connectivity index is 2.37. The SMILES string of the molecule is COc1ccc(/C=C2/SC(=N)NC2=O)c(OC)c1. The molecule has 1 saturated heterocycles. The number of ether oxygens (including phenoxy) is 2. The van der Waals surface area contributed by atoms with Gasteiger partial charge in [-0.15, -0.1) is 0 Å². The summed E-state index contributed by atoms with van der Waals surface area (Å²) in [6.45, 7) is 0. The molecule has 2 rings (SSSR count). The Morgan fingerprint density at radius 2 is 2.11 bits per heavy atom. The van der Waals surface area contributed by atoms with Gasteiger partial charge >= 0.3 is 0 Å². The Morgan fingerprint density at radius 3 is 2.67 bits per heavy atom. The molecular weight excluding hydrogens is 252 g/mol. The van der Waals surface area contributed by atoms with Gasteiger partial charge in [-0.05, 0) is 30.0 Å². The number of nitrogens with one attached hydrogen (secondary N) is 2. The van der Waals surface area contributed by atoms with Crippen LogP contribution in [0.25, 0.3) is 6.08 Å². The van der Waals surface area contributed by atoms with Gasteiger partial charge in [0.2, 0.25) is 0 Å². The minimum absolute atomic E-state index is 0.138. The molecule has 18 heavy (non-hydrogen) atoms. The number of thioether (sulfide) groups is 1. The lowest BCUT2D eigenvalue weighted by molar-refractivity contribution is -0.115. The van der Waals surface area contributed by atoms with E-state index in [0.717, 1.165) is 17.3 Å². The topological polar surface area (TPSA) is 71.4 Å². The molecule has 0 aliphatic carbocycles. The molecule has 2 N–H and O–H groups in total. The van der Waals surface area contributed by atoms with Crippen molar-refractivity contribution in [2.24, 2.45) is 0 Å². The van der Waals surface area contributed by atoms with E-state index in [2.05, 4.69) is 5.32 Å². The highest BCUT2D eigenvalue weighted by molar-refractivity contribution is 8.18. The van der Waals surface area contributed by atoms with E-state index >= 15 is 0 Å². The number of methoxy groups -OCH3 is 2. The Labute approximate surface area is 109 Å². The fraction of sp³-hybridized carbons (Fsp3) is 0.167. The lowest BCUT2D eigenvalue weighted by atomic mass is 10.1. The minimum atomic E-state index is -0.261. The molecule has 1 aliphatic heterocycles. The van der Waals surface area contributed by atoms with Gasteiger partial charge in [0.25, 0.3) is 5.91 Å². The van der Waals surface area contributed by atoms with E-state index in [0.29, 0.717) is 16.4 Å². The van der Waals surface area contributed by atoms with Crippen molar-refractivity contribution < 1.29 is 14.3 Å². The third kappa shape index (κ3) is 2.48. The lowest BCUT2D eigenvalue weighted by Gasteiger charge is -2.07. The lowest BCUT2D eigenvalue weighted by Crippen LogP contribution is -2.18. The van der Waals surface area contributed by atoms with Crippen molar-refractivity contribution in [1.29, 1.82) is 5.41 Å². The summed E-state index contributed by atoms with van der Waals surface area (Å²) in [6.07, 6.45) is 1.69. The average molecular weight is 264 g/mol. The van der Waals surface area contributed by atoms with Gasteiger partial charge in [-0.1, -0.05) is 0 Å². The molecule has 0 bridgehead atoms. The van der Waals surface area contributed by atoms with E-state index in [1.54, 1.807) is 38.5 Å². The molecule has 5 nitrogen and oxygen atoms in total. The van der Waals surface area contributed by atoms with E-state index < -0.39 is 0 Å². The molecule has 94 valence electrons. The molecule has 1 fully saturated rings. The quantitative estimate of drug-likeness (QED) is 0.817. The molecule has 1 aliphatic rings. The summed E-state index contributed by atoms with van der Waals surface area (Å²) in [4.78, 5) is 12.0. The zero-order valence-corrected chi connectivity index (χ0v) is 10.8. The number of carbonyl (C=O) groups is 1. The van der Waals surface area contributed by atoms with Crippen LogP contribution in [0.2, 0.25) is 0 Å². The van der Waals surface area contributed by atoms with E-state index in [9.17, 15) is 4.79 Å². The summed E-state index contributed by atoms with van der Waals surface area (Å²) in [5.74, 6) is 1.04. The van der Waals surface area contributed by atoms with Crippen LogP contribution in [0.15, 0.2) is 23.1 Å². The average Bonchev–Trinajstić information content (AvgIpc) is 2.68. The molecule has 1 heterocycles. The number of benzene rings is 1. The zero-order valence-electron chi connectivity index (χ0n) is 9.94. The monoisotopic (exact) mass is 264 g/mol. The van der Waals surface area contributed by atoms with Crippen LogP contribution in [-0.2, 0) is 4.79 Å². The maximum absolute atomic E-state index is 11.5. The first-order valence-corrected chi connectivity index (χ1v) is 5.97. The number of carbonyl (C=O) groups excluding carboxylic acids is 1. The van der Waals surface area contributed by atoms with E-state index in [1.807, 2.05) is 0 Å². The molecule has 1 aromatic rings. The Hall–Kier alpha value is -1.95. The molecule has 0 aromatic heterocycles. The van der Waals surface area contributed by atoms with Crippen LogP contribution in [0.5, 0.6) is 11.5 Å². The van der Waals surface area contributed by atoms with Crippen LogP contribution in [0, 0.1) is 5.41 Å². The fourth-order valence-corrected chi connectivity index (χ4v) is 2.21. The van der Waals surface area contributed by atoms with Crippen molar-refractivity contribution in [1.82, 2.24) is 5.32 Å². The molecule has 0 spiro atoms. The van der Waals surface area contributed by atoms with E-state index in [-0.39, 0.29) is 11.1 Å². The highest BCUT2D eigenvalue weighted by atomic mass is 32.2. The minimum Gasteiger partial charge on any atom is -0.497 e. The number of rotatable bonds is 3. The van der Waals surface area contributed by atoms with Gasteiger partial charge in [0, 0.05) is 11.6 Å². The maximum Gasteiger partial charge on any atom is 0.264 e. The van der Waals surface area contributed by atoms with Crippen LogP contribution in [0.4, 0.5) is 0 Å². The van der Waals surface area contributed by atoms with Crippen LogP contribution in [0.1, 0.15) is 5.56 Å². The molecule has 1 amide bonds. The van der Waals surface area contributed by atoms with Crippen LogP contribution >= 0.6 is 11.8 Å². The second kappa shape index (κ2) is 5.14. The first kappa shape index (κ1) is 12.5. The summed E-state index contributed by atoms with van der Waals surface area (Å²) in [5.41, 5.74) is 0.769. The second-order valence-electron chi connectivity index (χ2n) is 3.50.